The Labute approximate surface area is 86.3 Å². The molecule has 2 heteroatoms. The SMILES string of the molecule is CCCCCOC(=O)C1=CCCCC1. The van der Waals surface area contributed by atoms with Crippen molar-refractivity contribution in [1.82, 2.24) is 0 Å². The van der Waals surface area contributed by atoms with Crippen molar-refractivity contribution < 1.29 is 9.53 Å². The molecule has 0 aromatic heterocycles. The minimum atomic E-state index is -0.0826. The van der Waals surface area contributed by atoms with Gasteiger partial charge in [-0.3, -0.25) is 0 Å². The Bertz CT molecular complexity index is 206. The highest BCUT2D eigenvalue weighted by molar-refractivity contribution is 5.88. The molecule has 0 saturated carbocycles. The van der Waals surface area contributed by atoms with Gasteiger partial charge < -0.3 is 4.74 Å². The molecule has 0 saturated heterocycles. The lowest BCUT2D eigenvalue weighted by Crippen LogP contribution is -2.10. The van der Waals surface area contributed by atoms with E-state index in [0.717, 1.165) is 37.7 Å². The number of unbranched alkanes of at least 4 members (excludes halogenated alkanes) is 2. The summed E-state index contributed by atoms with van der Waals surface area (Å²) < 4.78 is 5.18. The number of esters is 1. The second-order valence-corrected chi connectivity index (χ2v) is 3.82. The maximum absolute atomic E-state index is 11.5. The number of hydrogen-bond acceptors (Lipinski definition) is 2. The zero-order valence-electron chi connectivity index (χ0n) is 9.05. The molecule has 0 spiro atoms. The molecule has 0 aromatic rings. The zero-order valence-corrected chi connectivity index (χ0v) is 9.05. The largest absolute Gasteiger partial charge is 0.462 e. The van der Waals surface area contributed by atoms with Gasteiger partial charge in [0.15, 0.2) is 0 Å². The summed E-state index contributed by atoms with van der Waals surface area (Å²) in [4.78, 5) is 11.5. The molecule has 0 aromatic carbocycles. The lowest BCUT2D eigenvalue weighted by molar-refractivity contribution is -0.139. The summed E-state index contributed by atoms with van der Waals surface area (Å²) in [6.45, 7) is 2.73. The third kappa shape index (κ3) is 3.95. The van der Waals surface area contributed by atoms with Gasteiger partial charge in [0.05, 0.1) is 6.61 Å². The fourth-order valence-electron chi connectivity index (χ4n) is 1.63. The first-order chi connectivity index (χ1) is 6.84. The molecule has 0 N–H and O–H groups in total. The summed E-state index contributed by atoms with van der Waals surface area (Å²) >= 11 is 0. The van der Waals surface area contributed by atoms with Crippen LogP contribution < -0.4 is 0 Å². The van der Waals surface area contributed by atoms with Gasteiger partial charge in [-0.25, -0.2) is 4.79 Å². The number of allylic oxidation sites excluding steroid dienone is 1. The average molecular weight is 196 g/mol. The standard InChI is InChI=1S/C12H20O2/c1-2-3-7-10-14-12(13)11-8-5-4-6-9-11/h8H,2-7,9-10H2,1H3. The van der Waals surface area contributed by atoms with Gasteiger partial charge in [-0.2, -0.15) is 0 Å². The first-order valence-corrected chi connectivity index (χ1v) is 5.70. The highest BCUT2D eigenvalue weighted by Crippen LogP contribution is 2.18. The lowest BCUT2D eigenvalue weighted by Gasteiger charge is -2.11. The van der Waals surface area contributed by atoms with Crippen molar-refractivity contribution in [3.05, 3.63) is 11.6 Å². The Kier molecular flexibility index (Phi) is 5.35. The molecular formula is C12H20O2. The van der Waals surface area contributed by atoms with Crippen molar-refractivity contribution in [2.24, 2.45) is 0 Å². The minimum Gasteiger partial charge on any atom is -0.462 e. The summed E-state index contributed by atoms with van der Waals surface area (Å²) in [5.41, 5.74) is 0.896. The topological polar surface area (TPSA) is 26.3 Å². The first kappa shape index (κ1) is 11.3. The molecule has 80 valence electrons. The van der Waals surface area contributed by atoms with Crippen LogP contribution in [0.4, 0.5) is 0 Å². The molecule has 0 amide bonds. The van der Waals surface area contributed by atoms with E-state index < -0.39 is 0 Å². The average Bonchev–Trinajstić information content (AvgIpc) is 2.25. The van der Waals surface area contributed by atoms with Crippen LogP contribution in [0.5, 0.6) is 0 Å². The van der Waals surface area contributed by atoms with E-state index in [9.17, 15) is 4.79 Å². The molecule has 0 bridgehead atoms. The first-order valence-electron chi connectivity index (χ1n) is 5.70. The Hall–Kier alpha value is -0.790. The molecule has 14 heavy (non-hydrogen) atoms. The summed E-state index contributed by atoms with van der Waals surface area (Å²) in [5.74, 6) is -0.0826. The lowest BCUT2D eigenvalue weighted by atomic mass is 10.00. The Morgan fingerprint density at radius 1 is 1.43 bits per heavy atom. The van der Waals surface area contributed by atoms with Crippen molar-refractivity contribution in [1.29, 1.82) is 0 Å². The molecular weight excluding hydrogens is 176 g/mol. The van der Waals surface area contributed by atoms with Gasteiger partial charge in [0.2, 0.25) is 0 Å². The number of ether oxygens (including phenoxy) is 1. The molecule has 2 nitrogen and oxygen atoms in total. The quantitative estimate of drug-likeness (QED) is 0.498. The third-order valence-electron chi connectivity index (χ3n) is 2.53. The van der Waals surface area contributed by atoms with Crippen molar-refractivity contribution in [3.63, 3.8) is 0 Å². The van der Waals surface area contributed by atoms with Gasteiger partial charge in [0, 0.05) is 5.57 Å². The molecule has 0 atom stereocenters. The van der Waals surface area contributed by atoms with Crippen LogP contribution in [0, 0.1) is 0 Å². The number of carbonyl (C=O) groups is 1. The van der Waals surface area contributed by atoms with Gasteiger partial charge in [0.25, 0.3) is 0 Å². The van der Waals surface area contributed by atoms with Crippen LogP contribution in [0.1, 0.15) is 51.9 Å². The van der Waals surface area contributed by atoms with Crippen LogP contribution in [0.3, 0.4) is 0 Å². The molecule has 0 fully saturated rings. The number of carbonyl (C=O) groups excluding carboxylic acids is 1. The van der Waals surface area contributed by atoms with E-state index in [-0.39, 0.29) is 5.97 Å². The molecule has 1 aliphatic carbocycles. The van der Waals surface area contributed by atoms with E-state index in [0.29, 0.717) is 6.61 Å². The predicted octanol–water partition coefficient (Wildman–Crippen LogP) is 3.22. The van der Waals surface area contributed by atoms with Crippen molar-refractivity contribution in [2.75, 3.05) is 6.61 Å². The molecule has 0 aliphatic heterocycles. The Balaban J connectivity index is 2.17. The Morgan fingerprint density at radius 3 is 2.93 bits per heavy atom. The fourth-order valence-corrected chi connectivity index (χ4v) is 1.63. The minimum absolute atomic E-state index is 0.0826. The maximum Gasteiger partial charge on any atom is 0.333 e. The summed E-state index contributed by atoms with van der Waals surface area (Å²) in [5, 5.41) is 0. The second-order valence-electron chi connectivity index (χ2n) is 3.82. The summed E-state index contributed by atoms with van der Waals surface area (Å²) in [6.07, 6.45) is 9.64. The number of hydrogen-bond donors (Lipinski definition) is 0. The third-order valence-corrected chi connectivity index (χ3v) is 2.53. The molecule has 0 radical (unpaired) electrons. The van der Waals surface area contributed by atoms with E-state index in [2.05, 4.69) is 6.92 Å². The Morgan fingerprint density at radius 2 is 2.29 bits per heavy atom. The van der Waals surface area contributed by atoms with E-state index >= 15 is 0 Å². The van der Waals surface area contributed by atoms with Crippen LogP contribution in [0.25, 0.3) is 0 Å². The van der Waals surface area contributed by atoms with E-state index in [1.165, 1.54) is 12.8 Å². The van der Waals surface area contributed by atoms with Gasteiger partial charge in [-0.1, -0.05) is 25.8 Å². The number of rotatable bonds is 5. The predicted molar refractivity (Wildman–Crippen MR) is 57.0 cm³/mol. The molecule has 0 heterocycles. The van der Waals surface area contributed by atoms with Gasteiger partial charge in [0.1, 0.15) is 0 Å². The molecule has 1 aliphatic rings. The monoisotopic (exact) mass is 196 g/mol. The summed E-state index contributed by atoms with van der Waals surface area (Å²) in [7, 11) is 0. The van der Waals surface area contributed by atoms with Gasteiger partial charge >= 0.3 is 5.97 Å². The van der Waals surface area contributed by atoms with Crippen LogP contribution in [0.15, 0.2) is 11.6 Å². The van der Waals surface area contributed by atoms with Gasteiger partial charge in [-0.05, 0) is 32.1 Å². The van der Waals surface area contributed by atoms with Crippen molar-refractivity contribution in [2.45, 2.75) is 51.9 Å². The summed E-state index contributed by atoms with van der Waals surface area (Å²) in [6, 6.07) is 0. The van der Waals surface area contributed by atoms with Crippen LogP contribution >= 0.6 is 0 Å². The van der Waals surface area contributed by atoms with E-state index in [1.54, 1.807) is 0 Å². The maximum atomic E-state index is 11.5. The second kappa shape index (κ2) is 6.63. The van der Waals surface area contributed by atoms with Crippen molar-refractivity contribution in [3.8, 4) is 0 Å². The normalized spacial score (nSPS) is 16.2. The fraction of sp³-hybridized carbons (Fsp3) is 0.750. The molecule has 0 unspecified atom stereocenters. The van der Waals surface area contributed by atoms with Gasteiger partial charge in [-0.15, -0.1) is 0 Å². The highest BCUT2D eigenvalue weighted by atomic mass is 16.5. The highest BCUT2D eigenvalue weighted by Gasteiger charge is 2.12. The molecule has 1 rings (SSSR count). The van der Waals surface area contributed by atoms with Crippen molar-refractivity contribution >= 4 is 5.97 Å². The van der Waals surface area contributed by atoms with Crippen LogP contribution in [-0.2, 0) is 9.53 Å². The van der Waals surface area contributed by atoms with Crippen LogP contribution in [0.2, 0.25) is 0 Å². The smallest absolute Gasteiger partial charge is 0.333 e. The van der Waals surface area contributed by atoms with E-state index in [4.69, 9.17) is 4.74 Å². The zero-order chi connectivity index (χ0) is 10.2. The van der Waals surface area contributed by atoms with Crippen LogP contribution in [-0.4, -0.2) is 12.6 Å². The van der Waals surface area contributed by atoms with E-state index in [1.807, 2.05) is 6.08 Å².